The second-order valence-corrected chi connectivity index (χ2v) is 8.18. The molecule has 0 heterocycles. The Labute approximate surface area is 184 Å². The van der Waals surface area contributed by atoms with Crippen LogP contribution < -0.4 is 15.4 Å². The number of nitrogens with zero attached hydrogens (tertiary/aromatic N) is 1. The van der Waals surface area contributed by atoms with Crippen molar-refractivity contribution in [3.05, 3.63) is 59.2 Å². The molecule has 8 heteroatoms. The largest absolute Gasteiger partial charge is 0.494 e. The van der Waals surface area contributed by atoms with Crippen LogP contribution in [-0.4, -0.2) is 34.3 Å². The second-order valence-electron chi connectivity index (χ2n) is 6.19. The molecule has 0 atom stereocenters. The van der Waals surface area contributed by atoms with Crippen molar-refractivity contribution in [1.29, 1.82) is 0 Å². The van der Waals surface area contributed by atoms with Gasteiger partial charge < -0.3 is 15.4 Å². The summed E-state index contributed by atoms with van der Waals surface area (Å²) in [6.45, 7) is 5.51. The Hall–Kier alpha value is -1.81. The summed E-state index contributed by atoms with van der Waals surface area (Å²) in [7, 11) is -1.49. The Morgan fingerprint density at radius 2 is 1.79 bits per heavy atom. The maximum atomic E-state index is 11.7. The third-order valence-corrected chi connectivity index (χ3v) is 5.30. The molecule has 0 amide bonds. The predicted octanol–water partition coefficient (Wildman–Crippen LogP) is 3.28. The van der Waals surface area contributed by atoms with Crippen LogP contribution in [0.15, 0.2) is 52.4 Å². The monoisotopic (exact) mass is 517 g/mol. The Balaban J connectivity index is 0.00000392. The van der Waals surface area contributed by atoms with Gasteiger partial charge in [0, 0.05) is 32.0 Å². The average molecular weight is 517 g/mol. The van der Waals surface area contributed by atoms with E-state index >= 15 is 0 Å². The molecule has 28 heavy (non-hydrogen) atoms. The summed E-state index contributed by atoms with van der Waals surface area (Å²) >= 11 is 0. The van der Waals surface area contributed by atoms with E-state index in [1.165, 1.54) is 6.26 Å². The number of halogens is 1. The van der Waals surface area contributed by atoms with Gasteiger partial charge in [-0.3, -0.25) is 4.99 Å². The zero-order valence-corrected chi connectivity index (χ0v) is 19.8. The third-order valence-electron chi connectivity index (χ3n) is 4.04. The fourth-order valence-electron chi connectivity index (χ4n) is 2.77. The van der Waals surface area contributed by atoms with E-state index < -0.39 is 9.84 Å². The lowest BCUT2D eigenvalue weighted by atomic mass is 10.1. The smallest absolute Gasteiger partial charge is 0.191 e. The van der Waals surface area contributed by atoms with Gasteiger partial charge in [0.15, 0.2) is 15.8 Å². The molecule has 6 nitrogen and oxygen atoms in total. The van der Waals surface area contributed by atoms with Crippen molar-refractivity contribution in [3.63, 3.8) is 0 Å². The first kappa shape index (κ1) is 24.2. The first-order chi connectivity index (χ1) is 12.8. The van der Waals surface area contributed by atoms with Crippen molar-refractivity contribution in [2.75, 3.05) is 19.9 Å². The summed E-state index contributed by atoms with van der Waals surface area (Å²) in [4.78, 5) is 4.59. The molecule has 0 spiro atoms. The van der Waals surface area contributed by atoms with Crippen molar-refractivity contribution in [2.45, 2.75) is 31.8 Å². The molecule has 0 saturated carbocycles. The lowest BCUT2D eigenvalue weighted by molar-refractivity contribution is 0.336. The van der Waals surface area contributed by atoms with E-state index in [0.717, 1.165) is 22.4 Å². The molecular weight excluding hydrogens is 489 g/mol. The van der Waals surface area contributed by atoms with E-state index in [-0.39, 0.29) is 24.0 Å². The van der Waals surface area contributed by atoms with Crippen molar-refractivity contribution in [1.82, 2.24) is 10.6 Å². The van der Waals surface area contributed by atoms with Gasteiger partial charge in [-0.05, 0) is 37.1 Å². The molecule has 154 valence electrons. The number of hydrogen-bond donors (Lipinski definition) is 2. The van der Waals surface area contributed by atoms with Crippen LogP contribution >= 0.6 is 24.0 Å². The number of benzene rings is 2. The minimum absolute atomic E-state index is 0. The van der Waals surface area contributed by atoms with Crippen LogP contribution in [0.5, 0.6) is 5.75 Å². The van der Waals surface area contributed by atoms with Gasteiger partial charge in [-0.2, -0.15) is 0 Å². The average Bonchev–Trinajstić information content (AvgIpc) is 2.62. The Kier molecular flexibility index (Phi) is 9.74. The van der Waals surface area contributed by atoms with Gasteiger partial charge in [-0.1, -0.05) is 30.3 Å². The van der Waals surface area contributed by atoms with Crippen LogP contribution in [0.2, 0.25) is 0 Å². The predicted molar refractivity (Wildman–Crippen MR) is 124 cm³/mol. The standard InChI is InChI=1S/C20H27N3O3S.HI/c1-5-26-18-9-7-6-8-17(18)14-23-20(21-3)22-13-16-10-11-19(15(2)12-16)27(4,24)25;/h6-12H,5,13-14H2,1-4H3,(H2,21,22,23);1H. The molecule has 0 aliphatic rings. The maximum absolute atomic E-state index is 11.7. The van der Waals surface area contributed by atoms with Gasteiger partial charge in [0.1, 0.15) is 5.75 Å². The number of hydrogen-bond acceptors (Lipinski definition) is 4. The lowest BCUT2D eigenvalue weighted by Crippen LogP contribution is -2.36. The molecule has 2 rings (SSSR count). The van der Waals surface area contributed by atoms with E-state index in [1.807, 2.05) is 43.3 Å². The fraction of sp³-hybridized carbons (Fsp3) is 0.350. The van der Waals surface area contributed by atoms with Gasteiger partial charge in [0.2, 0.25) is 0 Å². The van der Waals surface area contributed by atoms with Crippen LogP contribution in [0.3, 0.4) is 0 Å². The van der Waals surface area contributed by atoms with Crippen molar-refractivity contribution in [3.8, 4) is 5.75 Å². The van der Waals surface area contributed by atoms with Crippen molar-refractivity contribution < 1.29 is 13.2 Å². The summed E-state index contributed by atoms with van der Waals surface area (Å²) < 4.78 is 29.1. The summed E-state index contributed by atoms with van der Waals surface area (Å²) in [5, 5.41) is 6.51. The third kappa shape index (κ3) is 6.97. The number of ether oxygens (including phenoxy) is 1. The molecule has 0 unspecified atom stereocenters. The zero-order valence-electron chi connectivity index (χ0n) is 16.7. The van der Waals surface area contributed by atoms with Gasteiger partial charge in [0.25, 0.3) is 0 Å². The van der Waals surface area contributed by atoms with Crippen molar-refractivity contribution >= 4 is 39.8 Å². The Bertz CT molecular complexity index is 915. The van der Waals surface area contributed by atoms with Gasteiger partial charge in [0.05, 0.1) is 11.5 Å². The summed E-state index contributed by atoms with van der Waals surface area (Å²) in [6, 6.07) is 13.2. The van der Waals surface area contributed by atoms with Gasteiger partial charge in [-0.15, -0.1) is 24.0 Å². The molecule has 0 saturated heterocycles. The number of sulfone groups is 1. The van der Waals surface area contributed by atoms with Crippen LogP contribution in [0.4, 0.5) is 0 Å². The number of rotatable bonds is 7. The quantitative estimate of drug-likeness (QED) is 0.335. The maximum Gasteiger partial charge on any atom is 0.191 e. The molecule has 0 fully saturated rings. The van der Waals surface area contributed by atoms with Crippen LogP contribution in [0.1, 0.15) is 23.6 Å². The zero-order chi connectivity index (χ0) is 19.9. The number of guanidine groups is 1. The molecule has 2 aromatic rings. The molecule has 0 bridgehead atoms. The minimum atomic E-state index is -3.20. The van der Waals surface area contributed by atoms with E-state index in [4.69, 9.17) is 4.74 Å². The van der Waals surface area contributed by atoms with E-state index in [9.17, 15) is 8.42 Å². The van der Waals surface area contributed by atoms with Gasteiger partial charge in [-0.25, -0.2) is 8.42 Å². The second kappa shape index (κ2) is 11.3. The highest BCUT2D eigenvalue weighted by Crippen LogP contribution is 2.18. The van der Waals surface area contributed by atoms with Crippen LogP contribution in [-0.2, 0) is 22.9 Å². The van der Waals surface area contributed by atoms with E-state index in [1.54, 1.807) is 20.0 Å². The van der Waals surface area contributed by atoms with E-state index in [2.05, 4.69) is 15.6 Å². The first-order valence-corrected chi connectivity index (χ1v) is 10.7. The highest BCUT2D eigenvalue weighted by atomic mass is 127. The molecule has 0 aromatic heterocycles. The topological polar surface area (TPSA) is 79.8 Å². The Morgan fingerprint density at radius 1 is 1.11 bits per heavy atom. The highest BCUT2D eigenvalue weighted by Gasteiger charge is 2.11. The molecular formula is C20H28IN3O3S. The van der Waals surface area contributed by atoms with Crippen LogP contribution in [0, 0.1) is 6.92 Å². The first-order valence-electron chi connectivity index (χ1n) is 8.80. The number of aliphatic imine (C=N–C) groups is 1. The van der Waals surface area contributed by atoms with Crippen molar-refractivity contribution in [2.24, 2.45) is 4.99 Å². The minimum Gasteiger partial charge on any atom is -0.494 e. The molecule has 0 aliphatic heterocycles. The molecule has 2 aromatic carbocycles. The summed E-state index contributed by atoms with van der Waals surface area (Å²) in [5.41, 5.74) is 2.78. The Morgan fingerprint density at radius 3 is 2.39 bits per heavy atom. The number of nitrogens with one attached hydrogen (secondary N) is 2. The molecule has 2 N–H and O–H groups in total. The normalized spacial score (nSPS) is 11.5. The van der Waals surface area contributed by atoms with Gasteiger partial charge >= 0.3 is 0 Å². The fourth-order valence-corrected chi connectivity index (χ4v) is 3.73. The molecule has 0 radical (unpaired) electrons. The SMILES string of the molecule is CCOc1ccccc1CNC(=NC)NCc1ccc(S(C)(=O)=O)c(C)c1.I. The molecule has 0 aliphatic carbocycles. The van der Waals surface area contributed by atoms with E-state index in [0.29, 0.717) is 30.6 Å². The summed E-state index contributed by atoms with van der Waals surface area (Å²) in [6.07, 6.45) is 1.22. The number of para-hydroxylation sites is 1. The van der Waals surface area contributed by atoms with Crippen LogP contribution in [0.25, 0.3) is 0 Å². The summed E-state index contributed by atoms with van der Waals surface area (Å²) in [5.74, 6) is 1.51. The number of aryl methyl sites for hydroxylation is 1. The lowest BCUT2D eigenvalue weighted by Gasteiger charge is -2.15. The highest BCUT2D eigenvalue weighted by molar-refractivity contribution is 14.0.